The van der Waals surface area contributed by atoms with Crippen LogP contribution in [0.4, 0.5) is 5.69 Å². The van der Waals surface area contributed by atoms with Gasteiger partial charge in [0, 0.05) is 17.3 Å². The molecule has 4 nitrogen and oxygen atoms in total. The van der Waals surface area contributed by atoms with E-state index in [9.17, 15) is 4.79 Å². The molecule has 0 saturated carbocycles. The quantitative estimate of drug-likeness (QED) is 0.878. The van der Waals surface area contributed by atoms with Crippen LogP contribution in [-0.2, 0) is 4.79 Å². The first kappa shape index (κ1) is 16.3. The second-order valence-corrected chi connectivity index (χ2v) is 6.31. The summed E-state index contributed by atoms with van der Waals surface area (Å²) in [5.74, 6) is 0.698. The molecule has 0 aliphatic carbocycles. The van der Waals surface area contributed by atoms with Crippen molar-refractivity contribution in [2.24, 2.45) is 5.92 Å². The Morgan fingerprint density at radius 1 is 1.43 bits per heavy atom. The summed E-state index contributed by atoms with van der Waals surface area (Å²) in [4.78, 5) is 14.2. The van der Waals surface area contributed by atoms with Crippen LogP contribution in [0.5, 0.6) is 0 Å². The Balaban J connectivity index is 1.78. The lowest BCUT2D eigenvalue weighted by Crippen LogP contribution is -2.37. The molecule has 0 unspecified atom stereocenters. The van der Waals surface area contributed by atoms with Crippen LogP contribution < -0.4 is 10.6 Å². The van der Waals surface area contributed by atoms with E-state index < -0.39 is 0 Å². The smallest absolute Gasteiger partial charge is 0.238 e. The number of aryl methyl sites for hydroxylation is 1. The highest BCUT2D eigenvalue weighted by Crippen LogP contribution is 2.20. The molecule has 2 rings (SSSR count). The van der Waals surface area contributed by atoms with Gasteiger partial charge in [-0.15, -0.1) is 0 Å². The molecule has 1 aliphatic heterocycles. The Hall–Kier alpha value is -1.10. The van der Waals surface area contributed by atoms with Crippen LogP contribution in [0.15, 0.2) is 18.2 Å². The fraction of sp³-hybridized carbons (Fsp3) is 0.562. The minimum Gasteiger partial charge on any atom is -0.325 e. The number of carbonyl (C=O) groups is 1. The van der Waals surface area contributed by atoms with Crippen molar-refractivity contribution >= 4 is 23.2 Å². The van der Waals surface area contributed by atoms with E-state index >= 15 is 0 Å². The van der Waals surface area contributed by atoms with Crippen LogP contribution in [0.3, 0.4) is 0 Å². The van der Waals surface area contributed by atoms with Crippen molar-refractivity contribution < 1.29 is 4.79 Å². The zero-order valence-electron chi connectivity index (χ0n) is 12.8. The van der Waals surface area contributed by atoms with Gasteiger partial charge in [-0.05, 0) is 63.5 Å². The number of halogens is 1. The lowest BCUT2D eigenvalue weighted by molar-refractivity contribution is -0.117. The number of nitrogens with zero attached hydrogens (tertiary/aromatic N) is 1. The van der Waals surface area contributed by atoms with Gasteiger partial charge >= 0.3 is 0 Å². The SMILES string of the molecule is Cc1ccc(NC(=O)CN(C)CC2CCNCC2)cc1Cl. The maximum absolute atomic E-state index is 12.1. The summed E-state index contributed by atoms with van der Waals surface area (Å²) in [6.07, 6.45) is 2.39. The second-order valence-electron chi connectivity index (χ2n) is 5.90. The maximum atomic E-state index is 12.1. The Morgan fingerprint density at radius 2 is 2.14 bits per heavy atom. The molecule has 5 heteroatoms. The summed E-state index contributed by atoms with van der Waals surface area (Å²) in [7, 11) is 2.00. The molecule has 0 bridgehead atoms. The summed E-state index contributed by atoms with van der Waals surface area (Å²) in [5.41, 5.74) is 1.77. The monoisotopic (exact) mass is 309 g/mol. The second kappa shape index (κ2) is 7.78. The number of rotatable bonds is 5. The number of amides is 1. The van der Waals surface area contributed by atoms with Gasteiger partial charge in [0.1, 0.15) is 0 Å². The molecule has 0 radical (unpaired) electrons. The zero-order valence-corrected chi connectivity index (χ0v) is 13.5. The molecule has 21 heavy (non-hydrogen) atoms. The van der Waals surface area contributed by atoms with E-state index in [1.165, 1.54) is 12.8 Å². The summed E-state index contributed by atoms with van der Waals surface area (Å²) in [6, 6.07) is 5.59. The number of hydrogen-bond donors (Lipinski definition) is 2. The molecular formula is C16H24ClN3O. The normalized spacial score (nSPS) is 16.2. The average Bonchev–Trinajstić information content (AvgIpc) is 2.43. The first-order chi connectivity index (χ1) is 10.0. The third-order valence-corrected chi connectivity index (χ3v) is 4.30. The standard InChI is InChI=1S/C16H24ClN3O/c1-12-3-4-14(9-15(12)17)19-16(21)11-20(2)10-13-5-7-18-8-6-13/h3-4,9,13,18H,5-8,10-11H2,1-2H3,(H,19,21). The molecule has 1 aliphatic rings. The number of piperidine rings is 1. The lowest BCUT2D eigenvalue weighted by Gasteiger charge is -2.27. The fourth-order valence-electron chi connectivity index (χ4n) is 2.69. The van der Waals surface area contributed by atoms with E-state index in [4.69, 9.17) is 11.6 Å². The Morgan fingerprint density at radius 3 is 2.81 bits per heavy atom. The molecule has 1 saturated heterocycles. The van der Waals surface area contributed by atoms with Crippen LogP contribution >= 0.6 is 11.6 Å². The Kier molecular flexibility index (Phi) is 6.03. The molecule has 0 spiro atoms. The van der Waals surface area contributed by atoms with E-state index in [1.807, 2.05) is 26.1 Å². The van der Waals surface area contributed by atoms with Crippen molar-refractivity contribution in [3.63, 3.8) is 0 Å². The van der Waals surface area contributed by atoms with Crippen LogP contribution in [0.25, 0.3) is 0 Å². The van der Waals surface area contributed by atoms with Gasteiger partial charge in [-0.2, -0.15) is 0 Å². The summed E-state index contributed by atoms with van der Waals surface area (Å²) in [5, 5.41) is 6.94. The first-order valence-electron chi connectivity index (χ1n) is 7.50. The number of hydrogen-bond acceptors (Lipinski definition) is 3. The third-order valence-electron chi connectivity index (χ3n) is 3.90. The Labute approximate surface area is 131 Å². The highest BCUT2D eigenvalue weighted by Gasteiger charge is 2.16. The highest BCUT2D eigenvalue weighted by molar-refractivity contribution is 6.31. The molecule has 0 atom stereocenters. The van der Waals surface area contributed by atoms with E-state index in [0.717, 1.165) is 30.9 Å². The predicted molar refractivity (Wildman–Crippen MR) is 87.9 cm³/mol. The van der Waals surface area contributed by atoms with Crippen molar-refractivity contribution in [2.45, 2.75) is 19.8 Å². The van der Waals surface area contributed by atoms with Gasteiger partial charge in [0.2, 0.25) is 5.91 Å². The van der Waals surface area contributed by atoms with E-state index in [2.05, 4.69) is 15.5 Å². The number of likely N-dealkylation sites (N-methyl/N-ethyl adjacent to an activating group) is 1. The Bertz CT molecular complexity index is 486. The molecular weight excluding hydrogens is 286 g/mol. The van der Waals surface area contributed by atoms with Gasteiger partial charge in [-0.3, -0.25) is 9.69 Å². The van der Waals surface area contributed by atoms with E-state index in [1.54, 1.807) is 6.07 Å². The summed E-state index contributed by atoms with van der Waals surface area (Å²) in [6.45, 7) is 5.51. The van der Waals surface area contributed by atoms with E-state index in [0.29, 0.717) is 17.5 Å². The van der Waals surface area contributed by atoms with Crippen LogP contribution in [0.2, 0.25) is 5.02 Å². The number of nitrogens with one attached hydrogen (secondary N) is 2. The van der Waals surface area contributed by atoms with Gasteiger partial charge in [0.15, 0.2) is 0 Å². The third kappa shape index (κ3) is 5.30. The number of carbonyl (C=O) groups excluding carboxylic acids is 1. The molecule has 0 aromatic heterocycles. The fourth-order valence-corrected chi connectivity index (χ4v) is 2.87. The molecule has 1 fully saturated rings. The molecule has 1 aromatic carbocycles. The molecule has 1 heterocycles. The van der Waals surface area contributed by atoms with Crippen molar-refractivity contribution in [1.82, 2.24) is 10.2 Å². The largest absolute Gasteiger partial charge is 0.325 e. The highest BCUT2D eigenvalue weighted by atomic mass is 35.5. The minimum absolute atomic E-state index is 0.00588. The van der Waals surface area contributed by atoms with Crippen molar-refractivity contribution in [1.29, 1.82) is 0 Å². The zero-order chi connectivity index (χ0) is 15.2. The minimum atomic E-state index is 0.00588. The van der Waals surface area contributed by atoms with Gasteiger partial charge in [0.05, 0.1) is 6.54 Å². The topological polar surface area (TPSA) is 44.4 Å². The van der Waals surface area contributed by atoms with Gasteiger partial charge < -0.3 is 10.6 Å². The molecule has 1 amide bonds. The van der Waals surface area contributed by atoms with Crippen LogP contribution in [0.1, 0.15) is 18.4 Å². The molecule has 116 valence electrons. The molecule has 1 aromatic rings. The van der Waals surface area contributed by atoms with Crippen molar-refractivity contribution in [3.05, 3.63) is 28.8 Å². The number of benzene rings is 1. The predicted octanol–water partition coefficient (Wildman–Crippen LogP) is 2.52. The first-order valence-corrected chi connectivity index (χ1v) is 7.87. The van der Waals surface area contributed by atoms with Gasteiger partial charge in [0.25, 0.3) is 0 Å². The van der Waals surface area contributed by atoms with E-state index in [-0.39, 0.29) is 5.91 Å². The summed E-state index contributed by atoms with van der Waals surface area (Å²) < 4.78 is 0. The summed E-state index contributed by atoms with van der Waals surface area (Å²) >= 11 is 6.06. The molecule has 2 N–H and O–H groups in total. The number of anilines is 1. The van der Waals surface area contributed by atoms with Gasteiger partial charge in [-0.1, -0.05) is 17.7 Å². The van der Waals surface area contributed by atoms with Crippen LogP contribution in [0, 0.1) is 12.8 Å². The van der Waals surface area contributed by atoms with Crippen LogP contribution in [-0.4, -0.2) is 44.0 Å². The van der Waals surface area contributed by atoms with Crippen molar-refractivity contribution in [3.8, 4) is 0 Å². The lowest BCUT2D eigenvalue weighted by atomic mass is 9.98. The average molecular weight is 310 g/mol. The van der Waals surface area contributed by atoms with Gasteiger partial charge in [-0.25, -0.2) is 0 Å². The maximum Gasteiger partial charge on any atom is 0.238 e. The van der Waals surface area contributed by atoms with Crippen molar-refractivity contribution in [2.75, 3.05) is 38.5 Å².